The molecule has 1 aromatic carbocycles. The van der Waals surface area contributed by atoms with Gasteiger partial charge < -0.3 is 4.90 Å². The van der Waals surface area contributed by atoms with Gasteiger partial charge in [-0.1, -0.05) is 6.07 Å². The third-order valence-electron chi connectivity index (χ3n) is 8.18. The van der Waals surface area contributed by atoms with E-state index in [1.165, 1.54) is 0 Å². The number of piperidine rings is 1. The van der Waals surface area contributed by atoms with Crippen LogP contribution in [0.4, 0.5) is 32.3 Å². The number of anilines is 1. The molecule has 3 aromatic heterocycles. The Morgan fingerprint density at radius 2 is 1.78 bits per heavy atom. The molecule has 4 heterocycles. The second-order valence-electron chi connectivity index (χ2n) is 11.2. The molecule has 6 rings (SSSR count). The van der Waals surface area contributed by atoms with Crippen LogP contribution in [0.1, 0.15) is 53.6 Å². The van der Waals surface area contributed by atoms with Crippen molar-refractivity contribution in [3.8, 4) is 17.3 Å². The molecule has 45 heavy (non-hydrogen) atoms. The molecule has 10 nitrogen and oxygen atoms in total. The molecule has 234 valence electrons. The van der Waals surface area contributed by atoms with E-state index in [1.807, 2.05) is 0 Å². The molecule has 1 aliphatic carbocycles. The maximum Gasteiger partial charge on any atom is 0.417 e. The Morgan fingerprint density at radius 3 is 2.42 bits per heavy atom. The zero-order valence-corrected chi connectivity index (χ0v) is 23.4. The van der Waals surface area contributed by atoms with Gasteiger partial charge in [0.2, 0.25) is 11.9 Å². The first-order valence-electron chi connectivity index (χ1n) is 14.0. The van der Waals surface area contributed by atoms with Gasteiger partial charge in [0.25, 0.3) is 5.91 Å². The summed E-state index contributed by atoms with van der Waals surface area (Å²) in [5, 5.41) is 21.3. The molecule has 1 N–H and O–H groups in total. The SMILES string of the molecule is N#CCC1(n2cc(-c3cccc4nc(NC(=O)C5CC5)nn34)cn2)CCN(C(=O)c2ccc(C(F)(F)F)cc2C(F)(F)F)CC1. The molecule has 1 saturated carbocycles. The van der Waals surface area contributed by atoms with E-state index in [1.54, 1.807) is 39.8 Å². The van der Waals surface area contributed by atoms with Crippen molar-refractivity contribution in [3.05, 3.63) is 65.5 Å². The van der Waals surface area contributed by atoms with Crippen molar-refractivity contribution < 1.29 is 35.9 Å². The van der Waals surface area contributed by atoms with Gasteiger partial charge in [0, 0.05) is 30.8 Å². The minimum absolute atomic E-state index is 0.0187. The minimum atomic E-state index is -5.19. The number of likely N-dealkylation sites (tertiary alicyclic amines) is 1. The van der Waals surface area contributed by atoms with Crippen LogP contribution in [0.15, 0.2) is 48.8 Å². The number of fused-ring (bicyclic) bond motifs is 1. The molecule has 2 aliphatic rings. The predicted molar refractivity (Wildman–Crippen MR) is 145 cm³/mol. The molecule has 1 aliphatic heterocycles. The summed E-state index contributed by atoms with van der Waals surface area (Å²) in [4.78, 5) is 30.9. The number of nitriles is 1. The fourth-order valence-electron chi connectivity index (χ4n) is 5.52. The predicted octanol–water partition coefficient (Wildman–Crippen LogP) is 5.52. The smallest absolute Gasteiger partial charge is 0.338 e. The number of hydrogen-bond acceptors (Lipinski definition) is 6. The van der Waals surface area contributed by atoms with Gasteiger partial charge in [0.15, 0.2) is 5.65 Å². The van der Waals surface area contributed by atoms with Gasteiger partial charge in [-0.05, 0) is 56.0 Å². The lowest BCUT2D eigenvalue weighted by Gasteiger charge is -2.41. The van der Waals surface area contributed by atoms with Gasteiger partial charge in [0.1, 0.15) is 0 Å². The van der Waals surface area contributed by atoms with Gasteiger partial charge >= 0.3 is 12.4 Å². The number of rotatable bonds is 6. The van der Waals surface area contributed by atoms with Crippen LogP contribution < -0.4 is 5.32 Å². The standard InChI is InChI=1S/C29H24F6N8O2/c30-28(31,32)19-6-7-20(21(14-19)29(33,34)35)25(45)41-12-9-27(8-11-36,10-13-41)42-16-18(15-37-42)22-2-1-3-23-38-26(40-43(22)23)39-24(44)17-4-5-17/h1-3,6-7,14-17H,4-5,8-10,12-13H2,(H,39,40,44). The number of pyridine rings is 1. The summed E-state index contributed by atoms with van der Waals surface area (Å²) in [5.41, 5.74) is -3.26. The van der Waals surface area contributed by atoms with E-state index in [0.717, 1.165) is 17.7 Å². The van der Waals surface area contributed by atoms with Crippen molar-refractivity contribution in [1.82, 2.24) is 29.3 Å². The molecular weight excluding hydrogens is 606 g/mol. The zero-order chi connectivity index (χ0) is 32.1. The van der Waals surface area contributed by atoms with Crippen LogP contribution in [-0.4, -0.2) is 54.2 Å². The number of aromatic nitrogens is 5. The third kappa shape index (κ3) is 5.81. The molecule has 2 fully saturated rings. The highest BCUT2D eigenvalue weighted by Gasteiger charge is 2.43. The fourth-order valence-corrected chi connectivity index (χ4v) is 5.52. The number of nitrogens with zero attached hydrogens (tertiary/aromatic N) is 7. The van der Waals surface area contributed by atoms with Crippen molar-refractivity contribution in [2.24, 2.45) is 5.92 Å². The maximum atomic E-state index is 13.7. The van der Waals surface area contributed by atoms with E-state index in [2.05, 4.69) is 26.6 Å². The Bertz CT molecular complexity index is 1820. The topological polar surface area (TPSA) is 121 Å². The number of nitrogens with one attached hydrogen (secondary N) is 1. The molecule has 1 saturated heterocycles. The van der Waals surface area contributed by atoms with Crippen molar-refractivity contribution in [2.45, 2.75) is 50.0 Å². The van der Waals surface area contributed by atoms with Gasteiger partial charge in [-0.15, -0.1) is 5.10 Å². The van der Waals surface area contributed by atoms with Gasteiger partial charge in [-0.3, -0.25) is 19.6 Å². The largest absolute Gasteiger partial charge is 0.417 e. The van der Waals surface area contributed by atoms with Gasteiger partial charge in [-0.25, -0.2) is 4.52 Å². The Kier molecular flexibility index (Phi) is 7.29. The molecule has 16 heteroatoms. The second kappa shape index (κ2) is 10.9. The molecule has 0 bridgehead atoms. The molecule has 0 spiro atoms. The van der Waals surface area contributed by atoms with Crippen LogP contribution in [0.2, 0.25) is 0 Å². The average Bonchev–Trinajstić information content (AvgIpc) is 3.58. The number of amides is 2. The number of carbonyl (C=O) groups excluding carboxylic acids is 2. The van der Waals surface area contributed by atoms with Crippen molar-refractivity contribution in [1.29, 1.82) is 5.26 Å². The molecule has 2 amide bonds. The lowest BCUT2D eigenvalue weighted by Crippen LogP contribution is -2.48. The van der Waals surface area contributed by atoms with Crippen LogP contribution in [-0.2, 0) is 22.7 Å². The van der Waals surface area contributed by atoms with Gasteiger partial charge in [-0.2, -0.15) is 41.7 Å². The van der Waals surface area contributed by atoms with Crippen LogP contribution in [0.25, 0.3) is 16.9 Å². The summed E-state index contributed by atoms with van der Waals surface area (Å²) in [6, 6.07) is 8.34. The summed E-state index contributed by atoms with van der Waals surface area (Å²) in [5.74, 6) is -1.07. The highest BCUT2D eigenvalue weighted by Crippen LogP contribution is 2.39. The Balaban J connectivity index is 1.23. The number of hydrogen-bond donors (Lipinski definition) is 1. The Morgan fingerprint density at radius 1 is 1.04 bits per heavy atom. The molecule has 0 atom stereocenters. The van der Waals surface area contributed by atoms with E-state index in [9.17, 15) is 41.2 Å². The fraction of sp³-hybridized carbons (Fsp3) is 0.379. The van der Waals surface area contributed by atoms with E-state index < -0.39 is 40.5 Å². The summed E-state index contributed by atoms with van der Waals surface area (Å²) in [6.45, 7) is -0.118. The molecular formula is C29H24F6N8O2. The van der Waals surface area contributed by atoms with Gasteiger partial charge in [0.05, 0.1) is 46.6 Å². The number of halogens is 6. The van der Waals surface area contributed by atoms with Crippen molar-refractivity contribution >= 4 is 23.4 Å². The highest BCUT2D eigenvalue weighted by molar-refractivity contribution is 5.96. The monoisotopic (exact) mass is 630 g/mol. The van der Waals surface area contributed by atoms with E-state index in [0.29, 0.717) is 29.0 Å². The van der Waals surface area contributed by atoms with Crippen molar-refractivity contribution in [3.63, 3.8) is 0 Å². The Labute approximate surface area is 251 Å². The summed E-state index contributed by atoms with van der Waals surface area (Å²) < 4.78 is 83.6. The first kappa shape index (κ1) is 30.1. The maximum absolute atomic E-state index is 13.7. The summed E-state index contributed by atoms with van der Waals surface area (Å²) >= 11 is 0. The van der Waals surface area contributed by atoms with Crippen LogP contribution in [0.3, 0.4) is 0 Å². The average molecular weight is 631 g/mol. The first-order valence-corrected chi connectivity index (χ1v) is 14.0. The van der Waals surface area contributed by atoms with Crippen LogP contribution >= 0.6 is 0 Å². The minimum Gasteiger partial charge on any atom is -0.338 e. The second-order valence-corrected chi connectivity index (χ2v) is 11.2. The number of carbonyl (C=O) groups is 2. The normalized spacial score (nSPS) is 16.9. The molecule has 0 unspecified atom stereocenters. The first-order chi connectivity index (χ1) is 21.3. The third-order valence-corrected chi connectivity index (χ3v) is 8.18. The van der Waals surface area contributed by atoms with Crippen LogP contribution in [0.5, 0.6) is 0 Å². The van der Waals surface area contributed by atoms with E-state index >= 15 is 0 Å². The lowest BCUT2D eigenvalue weighted by molar-refractivity contribution is -0.143. The van der Waals surface area contributed by atoms with Crippen LogP contribution in [0, 0.1) is 17.2 Å². The molecule has 0 radical (unpaired) electrons. The van der Waals surface area contributed by atoms with E-state index in [-0.39, 0.29) is 56.2 Å². The zero-order valence-electron chi connectivity index (χ0n) is 23.4. The summed E-state index contributed by atoms with van der Waals surface area (Å²) in [6.07, 6.45) is -5.00. The number of benzene rings is 1. The quantitative estimate of drug-likeness (QED) is 0.280. The van der Waals surface area contributed by atoms with E-state index in [4.69, 9.17) is 0 Å². The van der Waals surface area contributed by atoms with Crippen molar-refractivity contribution in [2.75, 3.05) is 18.4 Å². The highest BCUT2D eigenvalue weighted by atomic mass is 19.4. The summed E-state index contributed by atoms with van der Waals surface area (Å²) in [7, 11) is 0. The number of alkyl halides is 6. The lowest BCUT2D eigenvalue weighted by atomic mass is 9.84. The molecule has 4 aromatic rings. The Hall–Kier alpha value is -4.94.